The van der Waals surface area contributed by atoms with Crippen molar-refractivity contribution < 1.29 is 13.9 Å². The van der Waals surface area contributed by atoms with Crippen LogP contribution in [0.15, 0.2) is 36.4 Å². The molecular weight excluding hydrogens is 331 g/mol. The van der Waals surface area contributed by atoms with Crippen LogP contribution in [-0.4, -0.2) is 31.5 Å². The van der Waals surface area contributed by atoms with Gasteiger partial charge < -0.3 is 10.1 Å². The van der Waals surface area contributed by atoms with Crippen molar-refractivity contribution >= 4 is 23.2 Å². The Labute approximate surface area is 146 Å². The van der Waals surface area contributed by atoms with E-state index in [0.29, 0.717) is 17.3 Å². The Hall–Kier alpha value is -2.11. The summed E-state index contributed by atoms with van der Waals surface area (Å²) in [5, 5.41) is 3.28. The zero-order valence-electron chi connectivity index (χ0n) is 13.9. The van der Waals surface area contributed by atoms with Gasteiger partial charge in [0.05, 0.1) is 24.4 Å². The molecule has 2 rings (SSSR count). The fraction of sp³-hybridized carbons (Fsp3) is 0.278. The number of nitrogens with zero attached hydrogens (tertiary/aromatic N) is 1. The molecule has 0 saturated heterocycles. The number of carbonyl (C=O) groups is 1. The number of nitrogens with one attached hydrogen (secondary N) is 1. The number of carbonyl (C=O) groups excluding carboxylic acids is 1. The van der Waals surface area contributed by atoms with Gasteiger partial charge in [-0.1, -0.05) is 23.7 Å². The van der Waals surface area contributed by atoms with Gasteiger partial charge in [-0.05, 0) is 49.4 Å². The van der Waals surface area contributed by atoms with Gasteiger partial charge in [0.1, 0.15) is 0 Å². The first-order valence-corrected chi connectivity index (χ1v) is 7.84. The van der Waals surface area contributed by atoms with Crippen LogP contribution in [0, 0.1) is 12.7 Å². The van der Waals surface area contributed by atoms with Gasteiger partial charge in [-0.15, -0.1) is 0 Å². The van der Waals surface area contributed by atoms with E-state index >= 15 is 0 Å². The molecule has 0 radical (unpaired) electrons. The van der Waals surface area contributed by atoms with Crippen LogP contribution in [0.1, 0.15) is 11.1 Å². The predicted octanol–water partition coefficient (Wildman–Crippen LogP) is 3.87. The molecule has 2 aromatic carbocycles. The zero-order chi connectivity index (χ0) is 17.7. The van der Waals surface area contributed by atoms with Crippen molar-refractivity contribution in [3.63, 3.8) is 0 Å². The lowest BCUT2D eigenvalue weighted by molar-refractivity contribution is -0.117. The molecule has 6 heteroatoms. The first-order chi connectivity index (χ1) is 11.4. The minimum Gasteiger partial charge on any atom is -0.494 e. The molecule has 1 N–H and O–H groups in total. The smallest absolute Gasteiger partial charge is 0.238 e. The average Bonchev–Trinajstić information content (AvgIpc) is 2.50. The Morgan fingerprint density at radius 2 is 2.04 bits per heavy atom. The Morgan fingerprint density at radius 3 is 2.67 bits per heavy atom. The molecule has 24 heavy (non-hydrogen) atoms. The molecule has 128 valence electrons. The first kappa shape index (κ1) is 18.2. The van der Waals surface area contributed by atoms with Crippen LogP contribution in [0.25, 0.3) is 0 Å². The van der Waals surface area contributed by atoms with Crippen LogP contribution in [0.4, 0.5) is 10.1 Å². The second-order valence-electron chi connectivity index (χ2n) is 5.67. The van der Waals surface area contributed by atoms with Gasteiger partial charge in [-0.3, -0.25) is 9.69 Å². The van der Waals surface area contributed by atoms with E-state index in [0.717, 1.165) is 11.1 Å². The molecule has 0 unspecified atom stereocenters. The lowest BCUT2D eigenvalue weighted by atomic mass is 10.2. The van der Waals surface area contributed by atoms with E-state index in [9.17, 15) is 9.18 Å². The Balaban J connectivity index is 1.92. The number of anilines is 1. The molecule has 0 aliphatic rings. The number of halogens is 2. The molecule has 4 nitrogen and oxygen atoms in total. The Morgan fingerprint density at radius 1 is 1.29 bits per heavy atom. The van der Waals surface area contributed by atoms with E-state index in [1.807, 2.05) is 13.0 Å². The average molecular weight is 351 g/mol. The molecule has 2 aromatic rings. The molecule has 0 aliphatic heterocycles. The van der Waals surface area contributed by atoms with Gasteiger partial charge in [0.15, 0.2) is 11.6 Å². The van der Waals surface area contributed by atoms with Crippen molar-refractivity contribution in [2.75, 3.05) is 26.0 Å². The van der Waals surface area contributed by atoms with Crippen LogP contribution < -0.4 is 10.1 Å². The standard InChI is InChI=1S/C18H20ClFN2O2/c1-12-4-6-16(14(19)8-12)21-18(23)11-22(2)10-13-5-7-17(24-3)15(20)9-13/h4-9H,10-11H2,1-3H3,(H,21,23). The van der Waals surface area contributed by atoms with Crippen LogP contribution in [0.3, 0.4) is 0 Å². The predicted molar refractivity (Wildman–Crippen MR) is 94.1 cm³/mol. The molecule has 0 saturated carbocycles. The highest BCUT2D eigenvalue weighted by atomic mass is 35.5. The van der Waals surface area contributed by atoms with Crippen molar-refractivity contribution in [3.05, 3.63) is 58.4 Å². The number of ether oxygens (including phenoxy) is 1. The SMILES string of the molecule is COc1ccc(CN(C)CC(=O)Nc2ccc(C)cc2Cl)cc1F. The van der Waals surface area contributed by atoms with Crippen LogP contribution >= 0.6 is 11.6 Å². The molecule has 0 fully saturated rings. The molecular formula is C18H20ClFN2O2. The maximum Gasteiger partial charge on any atom is 0.238 e. The van der Waals surface area contributed by atoms with Gasteiger partial charge in [-0.25, -0.2) is 4.39 Å². The van der Waals surface area contributed by atoms with Gasteiger partial charge >= 0.3 is 0 Å². The fourth-order valence-corrected chi connectivity index (χ4v) is 2.61. The van der Waals surface area contributed by atoms with E-state index in [1.165, 1.54) is 13.2 Å². The zero-order valence-corrected chi connectivity index (χ0v) is 14.7. The second kappa shape index (κ2) is 8.13. The number of amides is 1. The summed E-state index contributed by atoms with van der Waals surface area (Å²) in [5.74, 6) is -0.398. The van der Waals surface area contributed by atoms with E-state index in [-0.39, 0.29) is 18.2 Å². The van der Waals surface area contributed by atoms with E-state index in [4.69, 9.17) is 16.3 Å². The quantitative estimate of drug-likeness (QED) is 0.860. The van der Waals surface area contributed by atoms with E-state index in [1.54, 1.807) is 36.2 Å². The highest BCUT2D eigenvalue weighted by molar-refractivity contribution is 6.33. The third-order valence-corrected chi connectivity index (χ3v) is 3.79. The van der Waals surface area contributed by atoms with Crippen molar-refractivity contribution in [3.8, 4) is 5.75 Å². The van der Waals surface area contributed by atoms with Crippen molar-refractivity contribution in [2.45, 2.75) is 13.5 Å². The number of aryl methyl sites for hydroxylation is 1. The topological polar surface area (TPSA) is 41.6 Å². The van der Waals surface area contributed by atoms with Gasteiger partial charge in [0.2, 0.25) is 5.91 Å². The summed E-state index contributed by atoms with van der Waals surface area (Å²) in [5.41, 5.74) is 2.37. The monoisotopic (exact) mass is 350 g/mol. The third-order valence-electron chi connectivity index (χ3n) is 3.48. The maximum atomic E-state index is 13.7. The molecule has 0 atom stereocenters. The van der Waals surface area contributed by atoms with Crippen LogP contribution in [-0.2, 0) is 11.3 Å². The highest BCUT2D eigenvalue weighted by Crippen LogP contribution is 2.22. The lowest BCUT2D eigenvalue weighted by Gasteiger charge is -2.17. The first-order valence-electron chi connectivity index (χ1n) is 7.46. The van der Waals surface area contributed by atoms with Crippen molar-refractivity contribution in [1.29, 1.82) is 0 Å². The lowest BCUT2D eigenvalue weighted by Crippen LogP contribution is -2.30. The second-order valence-corrected chi connectivity index (χ2v) is 6.08. The summed E-state index contributed by atoms with van der Waals surface area (Å²) in [4.78, 5) is 13.9. The van der Waals surface area contributed by atoms with Gasteiger partial charge in [0.25, 0.3) is 0 Å². The molecule has 0 aliphatic carbocycles. The number of hydrogen-bond acceptors (Lipinski definition) is 3. The van der Waals surface area contributed by atoms with E-state index < -0.39 is 5.82 Å². The molecule has 0 bridgehead atoms. The van der Waals surface area contributed by atoms with Gasteiger partial charge in [0, 0.05) is 6.54 Å². The van der Waals surface area contributed by atoms with E-state index in [2.05, 4.69) is 5.32 Å². The highest BCUT2D eigenvalue weighted by Gasteiger charge is 2.11. The number of benzene rings is 2. The largest absolute Gasteiger partial charge is 0.494 e. The minimum atomic E-state index is -0.417. The fourth-order valence-electron chi connectivity index (χ4n) is 2.33. The molecule has 0 heterocycles. The summed E-state index contributed by atoms with van der Waals surface area (Å²) in [6.07, 6.45) is 0. The van der Waals surface area contributed by atoms with Gasteiger partial charge in [-0.2, -0.15) is 0 Å². The third kappa shape index (κ3) is 4.94. The summed E-state index contributed by atoms with van der Waals surface area (Å²) in [6, 6.07) is 10.2. The Bertz CT molecular complexity index is 737. The minimum absolute atomic E-state index is 0.165. The summed E-state index contributed by atoms with van der Waals surface area (Å²) < 4.78 is 18.6. The van der Waals surface area contributed by atoms with Crippen molar-refractivity contribution in [2.24, 2.45) is 0 Å². The number of likely N-dealkylation sites (N-methyl/N-ethyl adjacent to an activating group) is 1. The van der Waals surface area contributed by atoms with Crippen LogP contribution in [0.5, 0.6) is 5.75 Å². The molecule has 0 spiro atoms. The number of methoxy groups -OCH3 is 1. The molecule has 1 amide bonds. The summed E-state index contributed by atoms with van der Waals surface area (Å²) >= 11 is 6.10. The summed E-state index contributed by atoms with van der Waals surface area (Å²) in [7, 11) is 3.21. The summed E-state index contributed by atoms with van der Waals surface area (Å²) in [6.45, 7) is 2.53. The van der Waals surface area contributed by atoms with Crippen molar-refractivity contribution in [1.82, 2.24) is 4.90 Å². The number of hydrogen-bond donors (Lipinski definition) is 1. The molecule has 0 aromatic heterocycles. The Kier molecular flexibility index (Phi) is 6.17. The number of rotatable bonds is 6. The maximum absolute atomic E-state index is 13.7. The normalized spacial score (nSPS) is 10.8. The van der Waals surface area contributed by atoms with Crippen LogP contribution in [0.2, 0.25) is 5.02 Å².